The minimum absolute atomic E-state index is 0.0114. The summed E-state index contributed by atoms with van der Waals surface area (Å²) in [5.41, 5.74) is 0.687. The first kappa shape index (κ1) is 12.9. The topological polar surface area (TPSA) is 70.6 Å². The highest BCUT2D eigenvalue weighted by Crippen LogP contribution is 2.24. The number of para-hydroxylation sites is 1. The van der Waals surface area contributed by atoms with Crippen molar-refractivity contribution in [1.29, 1.82) is 0 Å². The molecule has 98 valence electrons. The van der Waals surface area contributed by atoms with Gasteiger partial charge in [0.05, 0.1) is 19.1 Å². The van der Waals surface area contributed by atoms with Crippen LogP contribution in [0.5, 0.6) is 5.75 Å². The van der Waals surface area contributed by atoms with Gasteiger partial charge in [-0.3, -0.25) is 4.79 Å². The molecule has 1 aromatic rings. The normalized spacial score (nSPS) is 16.8. The van der Waals surface area contributed by atoms with Crippen LogP contribution in [0.2, 0.25) is 0 Å². The molecule has 1 aliphatic rings. The molecule has 0 radical (unpaired) electrons. The number of carbonyl (C=O) groups excluding carboxylic acids is 1. The number of rotatable bonds is 5. The predicted molar refractivity (Wildman–Crippen MR) is 67.3 cm³/mol. The molecule has 1 saturated heterocycles. The molecular formula is C13H18N2O3. The first-order chi connectivity index (χ1) is 8.72. The Balaban J connectivity index is 1.90. The molecule has 18 heavy (non-hydrogen) atoms. The molecule has 3 N–H and O–H groups in total. The van der Waals surface area contributed by atoms with Gasteiger partial charge in [-0.05, 0) is 6.07 Å². The van der Waals surface area contributed by atoms with E-state index in [4.69, 9.17) is 4.74 Å². The van der Waals surface area contributed by atoms with Gasteiger partial charge in [0.25, 0.3) is 0 Å². The maximum Gasteiger partial charge on any atom is 0.225 e. The van der Waals surface area contributed by atoms with E-state index in [2.05, 4.69) is 10.6 Å². The molecule has 1 fully saturated rings. The van der Waals surface area contributed by atoms with E-state index in [9.17, 15) is 9.90 Å². The van der Waals surface area contributed by atoms with Crippen LogP contribution in [-0.4, -0.2) is 37.8 Å². The molecule has 5 nitrogen and oxygen atoms in total. The van der Waals surface area contributed by atoms with E-state index in [0.717, 1.165) is 13.1 Å². The smallest absolute Gasteiger partial charge is 0.225 e. The van der Waals surface area contributed by atoms with Crippen LogP contribution < -0.4 is 15.4 Å². The van der Waals surface area contributed by atoms with Crippen LogP contribution in [0.3, 0.4) is 0 Å². The van der Waals surface area contributed by atoms with Crippen LogP contribution in [-0.2, 0) is 4.79 Å². The van der Waals surface area contributed by atoms with Crippen molar-refractivity contribution in [3.63, 3.8) is 0 Å². The number of carbonyl (C=O) groups is 1. The maximum atomic E-state index is 11.6. The summed E-state index contributed by atoms with van der Waals surface area (Å²) >= 11 is 0. The first-order valence-electron chi connectivity index (χ1n) is 6.01. The fraction of sp³-hybridized carbons (Fsp3) is 0.462. The van der Waals surface area contributed by atoms with Crippen LogP contribution in [0.1, 0.15) is 11.7 Å². The highest BCUT2D eigenvalue weighted by atomic mass is 16.5. The Bertz CT molecular complexity index is 418. The third-order valence-corrected chi connectivity index (χ3v) is 3.12. The Morgan fingerprint density at radius 3 is 2.89 bits per heavy atom. The second-order valence-electron chi connectivity index (χ2n) is 4.36. The number of hydrogen-bond acceptors (Lipinski definition) is 4. The molecule has 1 atom stereocenters. The fourth-order valence-corrected chi connectivity index (χ4v) is 1.87. The standard InChI is InChI=1S/C13H18N2O3/c1-18-12-5-3-2-4-10(12)11(16)8-15-13(17)9-6-14-7-9/h2-5,9,11,14,16H,6-8H2,1H3,(H,15,17). The first-order valence-corrected chi connectivity index (χ1v) is 6.01. The minimum Gasteiger partial charge on any atom is -0.496 e. The van der Waals surface area contributed by atoms with Gasteiger partial charge in [0.15, 0.2) is 0 Å². The highest BCUT2D eigenvalue weighted by molar-refractivity contribution is 5.80. The van der Waals surface area contributed by atoms with E-state index in [1.165, 1.54) is 0 Å². The van der Waals surface area contributed by atoms with Gasteiger partial charge < -0.3 is 20.5 Å². The van der Waals surface area contributed by atoms with E-state index < -0.39 is 6.10 Å². The summed E-state index contributed by atoms with van der Waals surface area (Å²) in [6, 6.07) is 7.25. The van der Waals surface area contributed by atoms with E-state index in [1.807, 2.05) is 12.1 Å². The highest BCUT2D eigenvalue weighted by Gasteiger charge is 2.25. The number of aliphatic hydroxyl groups is 1. The molecule has 0 spiro atoms. The molecule has 1 heterocycles. The lowest BCUT2D eigenvalue weighted by molar-refractivity contribution is -0.126. The molecule has 2 rings (SSSR count). The molecule has 5 heteroatoms. The minimum atomic E-state index is -0.752. The van der Waals surface area contributed by atoms with Crippen molar-refractivity contribution >= 4 is 5.91 Å². The zero-order chi connectivity index (χ0) is 13.0. The van der Waals surface area contributed by atoms with Crippen LogP contribution in [0.15, 0.2) is 24.3 Å². The number of benzene rings is 1. The van der Waals surface area contributed by atoms with Crippen LogP contribution in [0.4, 0.5) is 0 Å². The van der Waals surface area contributed by atoms with Gasteiger partial charge >= 0.3 is 0 Å². The van der Waals surface area contributed by atoms with E-state index in [0.29, 0.717) is 11.3 Å². The molecule has 0 aliphatic carbocycles. The lowest BCUT2D eigenvalue weighted by Gasteiger charge is -2.26. The summed E-state index contributed by atoms with van der Waals surface area (Å²) in [5.74, 6) is 0.655. The number of methoxy groups -OCH3 is 1. The lowest BCUT2D eigenvalue weighted by Crippen LogP contribution is -2.51. The molecule has 0 bridgehead atoms. The van der Waals surface area contributed by atoms with Crippen molar-refractivity contribution in [2.45, 2.75) is 6.10 Å². The Hall–Kier alpha value is -1.59. The largest absolute Gasteiger partial charge is 0.496 e. The van der Waals surface area contributed by atoms with Gasteiger partial charge in [0.1, 0.15) is 5.75 Å². The SMILES string of the molecule is COc1ccccc1C(O)CNC(=O)C1CNC1. The van der Waals surface area contributed by atoms with E-state index >= 15 is 0 Å². The third-order valence-electron chi connectivity index (χ3n) is 3.12. The molecule has 1 aliphatic heterocycles. The second kappa shape index (κ2) is 5.84. The average molecular weight is 250 g/mol. The van der Waals surface area contributed by atoms with Crippen molar-refractivity contribution < 1.29 is 14.6 Å². The lowest BCUT2D eigenvalue weighted by atomic mass is 10.0. The zero-order valence-corrected chi connectivity index (χ0v) is 10.3. The Labute approximate surface area is 106 Å². The third kappa shape index (κ3) is 2.80. The number of hydrogen-bond donors (Lipinski definition) is 3. The summed E-state index contributed by atoms with van der Waals surface area (Å²) in [7, 11) is 1.56. The van der Waals surface area contributed by atoms with E-state index in [-0.39, 0.29) is 18.4 Å². The predicted octanol–water partition coefficient (Wildman–Crippen LogP) is 0.0642. The van der Waals surface area contributed by atoms with Crippen LogP contribution in [0.25, 0.3) is 0 Å². The maximum absolute atomic E-state index is 11.6. The van der Waals surface area contributed by atoms with Gasteiger partial charge in [-0.1, -0.05) is 18.2 Å². The molecule has 0 saturated carbocycles. The van der Waals surface area contributed by atoms with Crippen molar-refractivity contribution in [3.05, 3.63) is 29.8 Å². The van der Waals surface area contributed by atoms with Gasteiger partial charge in [0, 0.05) is 25.2 Å². The molecular weight excluding hydrogens is 232 g/mol. The Kier molecular flexibility index (Phi) is 4.17. The van der Waals surface area contributed by atoms with Gasteiger partial charge in [-0.25, -0.2) is 0 Å². The Morgan fingerprint density at radius 1 is 1.56 bits per heavy atom. The number of ether oxygens (including phenoxy) is 1. The monoisotopic (exact) mass is 250 g/mol. The summed E-state index contributed by atoms with van der Waals surface area (Å²) in [6.45, 7) is 1.64. The molecule has 1 amide bonds. The summed E-state index contributed by atoms with van der Waals surface area (Å²) in [4.78, 5) is 11.6. The summed E-state index contributed by atoms with van der Waals surface area (Å²) in [5, 5.41) is 15.8. The number of nitrogens with one attached hydrogen (secondary N) is 2. The number of amides is 1. The van der Waals surface area contributed by atoms with Gasteiger partial charge in [-0.15, -0.1) is 0 Å². The van der Waals surface area contributed by atoms with Crippen molar-refractivity contribution in [2.24, 2.45) is 5.92 Å². The average Bonchev–Trinajstić information content (AvgIpc) is 2.33. The zero-order valence-electron chi connectivity index (χ0n) is 10.3. The fourth-order valence-electron chi connectivity index (χ4n) is 1.87. The van der Waals surface area contributed by atoms with E-state index in [1.54, 1.807) is 19.2 Å². The summed E-state index contributed by atoms with van der Waals surface area (Å²) in [6.07, 6.45) is -0.752. The van der Waals surface area contributed by atoms with Crippen molar-refractivity contribution in [1.82, 2.24) is 10.6 Å². The van der Waals surface area contributed by atoms with Gasteiger partial charge in [-0.2, -0.15) is 0 Å². The van der Waals surface area contributed by atoms with Crippen molar-refractivity contribution in [2.75, 3.05) is 26.7 Å². The Morgan fingerprint density at radius 2 is 2.28 bits per heavy atom. The quantitative estimate of drug-likeness (QED) is 0.691. The van der Waals surface area contributed by atoms with Crippen LogP contribution >= 0.6 is 0 Å². The van der Waals surface area contributed by atoms with Gasteiger partial charge in [0.2, 0.25) is 5.91 Å². The number of aliphatic hydroxyl groups excluding tert-OH is 1. The molecule has 1 aromatic carbocycles. The van der Waals surface area contributed by atoms with Crippen LogP contribution in [0, 0.1) is 5.92 Å². The molecule has 0 aromatic heterocycles. The second-order valence-corrected chi connectivity index (χ2v) is 4.36. The van der Waals surface area contributed by atoms with Crippen molar-refractivity contribution in [3.8, 4) is 5.75 Å². The summed E-state index contributed by atoms with van der Waals surface area (Å²) < 4.78 is 5.17. The molecule has 1 unspecified atom stereocenters.